The van der Waals surface area contributed by atoms with Crippen LogP contribution >= 0.6 is 0 Å². The number of carbonyl (C=O) groups is 1. The Morgan fingerprint density at radius 3 is 2.88 bits per heavy atom. The lowest BCUT2D eigenvalue weighted by molar-refractivity contribution is -0.138. The molecule has 1 heterocycles. The van der Waals surface area contributed by atoms with Gasteiger partial charge in [0.15, 0.2) is 0 Å². The van der Waals surface area contributed by atoms with Crippen LogP contribution in [-0.4, -0.2) is 22.3 Å². The van der Waals surface area contributed by atoms with E-state index in [0.717, 1.165) is 12.8 Å². The summed E-state index contributed by atoms with van der Waals surface area (Å²) in [6.45, 7) is 2.02. The third-order valence-electron chi connectivity index (χ3n) is 2.38. The molecule has 0 radical (unpaired) electrons. The Hall–Kier alpha value is -1.56. The van der Waals surface area contributed by atoms with Crippen molar-refractivity contribution in [2.24, 2.45) is 5.73 Å². The topological polar surface area (TPSA) is 109 Å². The number of nitrogens with one attached hydrogen (secondary N) is 1. The maximum atomic E-state index is 11.4. The van der Waals surface area contributed by atoms with E-state index in [-0.39, 0.29) is 12.0 Å². The second kappa shape index (κ2) is 5.50. The average Bonchev–Trinajstić information content (AvgIpc) is 2.57. The summed E-state index contributed by atoms with van der Waals surface area (Å²) in [4.78, 5) is 22.0. The molecule has 0 aliphatic heterocycles. The number of hydrogen-bond acceptors (Lipinski definition) is 4. The summed E-state index contributed by atoms with van der Waals surface area (Å²) in [6, 6.07) is -1.07. The minimum absolute atomic E-state index is 0.000213. The molecular formula is C10H16N2O4. The molecule has 0 aliphatic carbocycles. The van der Waals surface area contributed by atoms with Crippen LogP contribution in [0.3, 0.4) is 0 Å². The summed E-state index contributed by atoms with van der Waals surface area (Å²) < 4.78 is 4.99. The molecule has 0 amide bonds. The summed E-state index contributed by atoms with van der Waals surface area (Å²) in [5.41, 5.74) is 5.34. The molecule has 1 atom stereocenters. The highest BCUT2D eigenvalue weighted by Crippen LogP contribution is 2.09. The van der Waals surface area contributed by atoms with Crippen molar-refractivity contribution >= 4 is 5.97 Å². The number of aromatic nitrogens is 1. The number of aryl methyl sites for hydroxylation is 1. The Labute approximate surface area is 92.4 Å². The van der Waals surface area contributed by atoms with Gasteiger partial charge in [-0.3, -0.25) is 9.59 Å². The van der Waals surface area contributed by atoms with Gasteiger partial charge in [-0.25, -0.2) is 0 Å². The molecule has 0 bridgehead atoms. The quantitative estimate of drug-likeness (QED) is 0.647. The van der Waals surface area contributed by atoms with Crippen LogP contribution in [0.25, 0.3) is 0 Å². The average molecular weight is 228 g/mol. The van der Waals surface area contributed by atoms with Crippen molar-refractivity contribution in [1.82, 2.24) is 5.16 Å². The molecule has 4 N–H and O–H groups in total. The van der Waals surface area contributed by atoms with Crippen LogP contribution in [0.15, 0.2) is 9.32 Å². The van der Waals surface area contributed by atoms with Crippen LogP contribution < -0.4 is 11.3 Å². The van der Waals surface area contributed by atoms with Crippen molar-refractivity contribution in [3.05, 3.63) is 21.7 Å². The first-order chi connectivity index (χ1) is 7.56. The lowest BCUT2D eigenvalue weighted by atomic mass is 10.0. The van der Waals surface area contributed by atoms with Gasteiger partial charge in [-0.15, -0.1) is 0 Å². The second-order valence-corrected chi connectivity index (χ2v) is 3.69. The van der Waals surface area contributed by atoms with Gasteiger partial charge in [0, 0.05) is 12.8 Å². The van der Waals surface area contributed by atoms with E-state index in [2.05, 4.69) is 5.16 Å². The summed E-state index contributed by atoms with van der Waals surface area (Å²) in [6.07, 6.45) is 2.48. The Kier molecular flexibility index (Phi) is 4.30. The van der Waals surface area contributed by atoms with E-state index >= 15 is 0 Å². The molecule has 0 saturated heterocycles. The summed E-state index contributed by atoms with van der Waals surface area (Å²) in [7, 11) is 0. The van der Waals surface area contributed by atoms with E-state index < -0.39 is 12.0 Å². The van der Waals surface area contributed by atoms with Crippen molar-refractivity contribution in [2.75, 3.05) is 0 Å². The van der Waals surface area contributed by atoms with Crippen molar-refractivity contribution in [3.8, 4) is 0 Å². The number of carboxylic acid groups (broad SMARTS) is 1. The van der Waals surface area contributed by atoms with E-state index in [1.807, 2.05) is 6.92 Å². The number of unbranched alkanes of at least 4 members (excludes halogenated alkanes) is 1. The van der Waals surface area contributed by atoms with Gasteiger partial charge in [-0.05, 0) is 6.42 Å². The first kappa shape index (κ1) is 12.5. The van der Waals surface area contributed by atoms with Crippen LogP contribution in [0.5, 0.6) is 0 Å². The summed E-state index contributed by atoms with van der Waals surface area (Å²) >= 11 is 0. The molecule has 0 fully saturated rings. The summed E-state index contributed by atoms with van der Waals surface area (Å²) in [5.74, 6) is -0.606. The Morgan fingerprint density at radius 1 is 1.62 bits per heavy atom. The minimum atomic E-state index is -1.12. The SMILES string of the molecule is CCCCc1o[nH]c(=O)c1C[C@@H](N)C(=O)O. The molecule has 0 spiro atoms. The van der Waals surface area contributed by atoms with Gasteiger partial charge in [0.25, 0.3) is 5.56 Å². The van der Waals surface area contributed by atoms with Gasteiger partial charge < -0.3 is 15.4 Å². The standard InChI is InChI=1S/C10H16N2O4/c1-2-3-4-8-6(9(13)12-16-8)5-7(11)10(14)15/h7H,2-5,11H2,1H3,(H,12,13)(H,14,15)/t7-/m1/s1. The Bertz CT molecular complexity index is 407. The number of aliphatic carboxylic acids is 1. The minimum Gasteiger partial charge on any atom is -0.480 e. The number of H-pyrrole nitrogens is 1. The van der Waals surface area contributed by atoms with Crippen LogP contribution in [0, 0.1) is 0 Å². The largest absolute Gasteiger partial charge is 0.480 e. The van der Waals surface area contributed by atoms with E-state index in [1.165, 1.54) is 0 Å². The zero-order valence-electron chi connectivity index (χ0n) is 9.16. The first-order valence-corrected chi connectivity index (χ1v) is 5.23. The number of rotatable bonds is 6. The molecule has 1 aromatic heterocycles. The molecule has 16 heavy (non-hydrogen) atoms. The van der Waals surface area contributed by atoms with Crippen LogP contribution in [0.1, 0.15) is 31.1 Å². The predicted molar refractivity (Wildman–Crippen MR) is 57.3 cm³/mol. The lowest BCUT2D eigenvalue weighted by Gasteiger charge is -2.04. The van der Waals surface area contributed by atoms with Gasteiger partial charge in [0.1, 0.15) is 11.8 Å². The van der Waals surface area contributed by atoms with Crippen molar-refractivity contribution < 1.29 is 14.4 Å². The highest BCUT2D eigenvalue weighted by Gasteiger charge is 2.19. The predicted octanol–water partition coefficient (Wildman–Crippen LogP) is 0.265. The van der Waals surface area contributed by atoms with Crippen LogP contribution in [-0.2, 0) is 17.6 Å². The van der Waals surface area contributed by atoms with Gasteiger partial charge in [-0.2, -0.15) is 5.16 Å². The van der Waals surface area contributed by atoms with Crippen LogP contribution in [0.2, 0.25) is 0 Å². The molecule has 90 valence electrons. The molecule has 1 rings (SSSR count). The number of hydrogen-bond donors (Lipinski definition) is 3. The molecule has 0 saturated carbocycles. The van der Waals surface area contributed by atoms with E-state index in [4.69, 9.17) is 15.4 Å². The van der Waals surface area contributed by atoms with Crippen molar-refractivity contribution in [2.45, 2.75) is 38.6 Å². The zero-order chi connectivity index (χ0) is 12.1. The second-order valence-electron chi connectivity index (χ2n) is 3.69. The third-order valence-corrected chi connectivity index (χ3v) is 2.38. The molecule has 0 aliphatic rings. The number of carboxylic acids is 1. The molecule has 6 heteroatoms. The highest BCUT2D eigenvalue weighted by atomic mass is 16.5. The van der Waals surface area contributed by atoms with Gasteiger partial charge >= 0.3 is 5.97 Å². The maximum absolute atomic E-state index is 11.4. The van der Waals surface area contributed by atoms with E-state index in [0.29, 0.717) is 17.7 Å². The van der Waals surface area contributed by atoms with Crippen molar-refractivity contribution in [3.63, 3.8) is 0 Å². The fraction of sp³-hybridized carbons (Fsp3) is 0.600. The fourth-order valence-corrected chi connectivity index (χ4v) is 1.41. The summed E-state index contributed by atoms with van der Waals surface area (Å²) in [5, 5.41) is 10.9. The monoisotopic (exact) mass is 228 g/mol. The maximum Gasteiger partial charge on any atom is 0.320 e. The molecule has 1 aromatic rings. The smallest absolute Gasteiger partial charge is 0.320 e. The van der Waals surface area contributed by atoms with Gasteiger partial charge in [0.05, 0.1) is 5.56 Å². The lowest BCUT2D eigenvalue weighted by Crippen LogP contribution is -2.34. The normalized spacial score (nSPS) is 12.6. The Balaban J connectivity index is 2.81. The molecule has 6 nitrogen and oxygen atoms in total. The van der Waals surface area contributed by atoms with Crippen LogP contribution in [0.4, 0.5) is 0 Å². The first-order valence-electron chi connectivity index (χ1n) is 5.23. The molecule has 0 aromatic carbocycles. The van der Waals surface area contributed by atoms with Gasteiger partial charge in [-0.1, -0.05) is 13.3 Å². The van der Waals surface area contributed by atoms with Crippen molar-refractivity contribution in [1.29, 1.82) is 0 Å². The third kappa shape index (κ3) is 2.96. The van der Waals surface area contributed by atoms with E-state index in [9.17, 15) is 9.59 Å². The zero-order valence-corrected chi connectivity index (χ0v) is 9.16. The molecule has 0 unspecified atom stereocenters. The highest BCUT2D eigenvalue weighted by molar-refractivity contribution is 5.73. The fourth-order valence-electron chi connectivity index (χ4n) is 1.41. The molecular weight excluding hydrogens is 212 g/mol. The van der Waals surface area contributed by atoms with E-state index in [1.54, 1.807) is 0 Å². The number of aromatic amines is 1. The van der Waals surface area contributed by atoms with Gasteiger partial charge in [0.2, 0.25) is 0 Å². The Morgan fingerprint density at radius 2 is 2.31 bits per heavy atom. The number of nitrogens with two attached hydrogens (primary N) is 1.